The van der Waals surface area contributed by atoms with Crippen LogP contribution in [0.2, 0.25) is 0 Å². The lowest BCUT2D eigenvalue weighted by atomic mass is 9.48. The highest BCUT2D eigenvalue weighted by molar-refractivity contribution is 5.17. The molecule has 0 fully saturated rings. The van der Waals surface area contributed by atoms with Gasteiger partial charge in [0.2, 0.25) is 0 Å². The van der Waals surface area contributed by atoms with Crippen LogP contribution in [-0.4, -0.2) is 6.54 Å². The summed E-state index contributed by atoms with van der Waals surface area (Å²) in [5, 5.41) is 3.59. The van der Waals surface area contributed by atoms with Crippen LogP contribution in [0.1, 0.15) is 75.7 Å². The number of nitrogens with one attached hydrogen (secondary N) is 1. The molecule has 0 radical (unpaired) electrons. The van der Waals surface area contributed by atoms with Gasteiger partial charge in [-0.25, -0.2) is 0 Å². The Labute approximate surface area is 128 Å². The Morgan fingerprint density at radius 1 is 1.00 bits per heavy atom. The van der Waals surface area contributed by atoms with Crippen molar-refractivity contribution in [2.45, 2.75) is 75.7 Å². The van der Waals surface area contributed by atoms with Gasteiger partial charge in [0.05, 0.1) is 0 Å². The lowest BCUT2D eigenvalue weighted by Gasteiger charge is -2.57. The minimum atomic E-state index is 0.0641. The fourth-order valence-corrected chi connectivity index (χ4v) is 3.13. The predicted octanol–water partition coefficient (Wildman–Crippen LogP) is 5.87. The van der Waals surface area contributed by atoms with Crippen LogP contribution in [0.4, 0.5) is 0 Å². The second-order valence-corrected chi connectivity index (χ2v) is 8.52. The van der Waals surface area contributed by atoms with E-state index >= 15 is 0 Å². The van der Waals surface area contributed by atoms with Crippen molar-refractivity contribution in [3.8, 4) is 0 Å². The fourth-order valence-electron chi connectivity index (χ4n) is 3.13. The van der Waals surface area contributed by atoms with Crippen LogP contribution < -0.4 is 5.32 Å². The molecule has 2 unspecified atom stereocenters. The maximum absolute atomic E-state index is 4.44. The first-order valence-corrected chi connectivity index (χ1v) is 8.27. The Balaban J connectivity index is 5.77. The largest absolute Gasteiger partial charge is 0.388 e. The molecule has 0 aliphatic carbocycles. The zero-order valence-corrected chi connectivity index (χ0v) is 15.8. The molecular formula is C19H39N. The molecular weight excluding hydrogens is 242 g/mol. The zero-order chi connectivity index (χ0) is 16.4. The molecule has 0 spiro atoms. The first-order valence-electron chi connectivity index (χ1n) is 8.27. The Hall–Kier alpha value is -0.460. The topological polar surface area (TPSA) is 12.0 Å². The molecule has 0 bridgehead atoms. The third kappa shape index (κ3) is 3.40. The molecule has 1 N–H and O–H groups in total. The Kier molecular flexibility index (Phi) is 6.39. The summed E-state index contributed by atoms with van der Waals surface area (Å²) < 4.78 is 0. The first kappa shape index (κ1) is 19.5. The standard InChI is InChI=1S/C19H39N/c1-12-13-20-16(5)19(11,15(4)14(2)3)18(9,10)17(6,7)8/h14-15,20H,5,12-13H2,1-4,6-11H3. The molecule has 1 heteroatoms. The highest BCUT2D eigenvalue weighted by Gasteiger charge is 2.53. The van der Waals surface area contributed by atoms with Gasteiger partial charge in [-0.1, -0.05) is 75.8 Å². The van der Waals surface area contributed by atoms with Crippen LogP contribution >= 0.6 is 0 Å². The molecule has 0 aromatic heterocycles. The van der Waals surface area contributed by atoms with Crippen molar-refractivity contribution < 1.29 is 0 Å². The Morgan fingerprint density at radius 3 is 1.75 bits per heavy atom. The first-order chi connectivity index (χ1) is 8.84. The van der Waals surface area contributed by atoms with Gasteiger partial charge >= 0.3 is 0 Å². The third-order valence-electron chi connectivity index (χ3n) is 6.30. The number of allylic oxidation sites excluding steroid dienone is 1. The number of hydrogen-bond donors (Lipinski definition) is 1. The molecule has 0 aliphatic heterocycles. The highest BCUT2D eigenvalue weighted by Crippen LogP contribution is 2.58. The molecule has 0 amide bonds. The van der Waals surface area contributed by atoms with Crippen molar-refractivity contribution in [1.82, 2.24) is 5.32 Å². The lowest BCUT2D eigenvalue weighted by molar-refractivity contribution is -0.0468. The summed E-state index contributed by atoms with van der Waals surface area (Å²) in [7, 11) is 0. The highest BCUT2D eigenvalue weighted by atomic mass is 14.9. The maximum atomic E-state index is 4.44. The summed E-state index contributed by atoms with van der Waals surface area (Å²) in [6.45, 7) is 29.0. The van der Waals surface area contributed by atoms with Gasteiger partial charge in [0, 0.05) is 17.7 Å². The monoisotopic (exact) mass is 281 g/mol. The van der Waals surface area contributed by atoms with Crippen molar-refractivity contribution >= 4 is 0 Å². The van der Waals surface area contributed by atoms with Crippen molar-refractivity contribution in [3.05, 3.63) is 12.3 Å². The summed E-state index contributed by atoms with van der Waals surface area (Å²) in [5.74, 6) is 1.22. The minimum absolute atomic E-state index is 0.0641. The van der Waals surface area contributed by atoms with E-state index in [1.165, 1.54) is 5.70 Å². The number of rotatable bonds is 7. The van der Waals surface area contributed by atoms with Crippen LogP contribution in [0.25, 0.3) is 0 Å². The van der Waals surface area contributed by atoms with Crippen LogP contribution in [0, 0.1) is 28.1 Å². The van der Waals surface area contributed by atoms with Gasteiger partial charge in [0.15, 0.2) is 0 Å². The van der Waals surface area contributed by atoms with E-state index in [1.807, 2.05) is 0 Å². The van der Waals surface area contributed by atoms with Gasteiger partial charge in [-0.05, 0) is 29.1 Å². The molecule has 0 aromatic carbocycles. The van der Waals surface area contributed by atoms with Crippen molar-refractivity contribution in [2.24, 2.45) is 28.1 Å². The average Bonchev–Trinajstić information content (AvgIpc) is 2.31. The van der Waals surface area contributed by atoms with E-state index in [9.17, 15) is 0 Å². The lowest BCUT2D eigenvalue weighted by Crippen LogP contribution is -2.52. The van der Waals surface area contributed by atoms with Gasteiger partial charge in [0.1, 0.15) is 0 Å². The molecule has 0 aromatic rings. The average molecular weight is 282 g/mol. The second kappa shape index (κ2) is 6.54. The molecule has 0 aliphatic rings. The molecule has 0 saturated heterocycles. The van der Waals surface area contributed by atoms with Crippen LogP contribution in [0.5, 0.6) is 0 Å². The van der Waals surface area contributed by atoms with E-state index < -0.39 is 0 Å². The molecule has 1 nitrogen and oxygen atoms in total. The van der Waals surface area contributed by atoms with Crippen molar-refractivity contribution in [1.29, 1.82) is 0 Å². The number of hydrogen-bond acceptors (Lipinski definition) is 1. The molecule has 0 rings (SSSR count). The molecule has 2 atom stereocenters. The third-order valence-corrected chi connectivity index (χ3v) is 6.30. The minimum Gasteiger partial charge on any atom is -0.388 e. The molecule has 0 saturated carbocycles. The van der Waals surface area contributed by atoms with E-state index in [0.29, 0.717) is 11.8 Å². The normalized spacial score (nSPS) is 17.8. The van der Waals surface area contributed by atoms with E-state index in [1.54, 1.807) is 0 Å². The molecule has 0 heterocycles. The molecule has 20 heavy (non-hydrogen) atoms. The maximum Gasteiger partial charge on any atom is 0.0150 e. The van der Waals surface area contributed by atoms with Crippen molar-refractivity contribution in [2.75, 3.05) is 6.54 Å². The van der Waals surface area contributed by atoms with Gasteiger partial charge in [-0.15, -0.1) is 0 Å². The van der Waals surface area contributed by atoms with Crippen LogP contribution in [0.3, 0.4) is 0 Å². The summed E-state index contributed by atoms with van der Waals surface area (Å²) in [6.07, 6.45) is 1.14. The summed E-state index contributed by atoms with van der Waals surface area (Å²) in [6, 6.07) is 0. The van der Waals surface area contributed by atoms with Gasteiger partial charge < -0.3 is 5.32 Å². The quantitative estimate of drug-likeness (QED) is 0.615. The second-order valence-electron chi connectivity index (χ2n) is 8.52. The smallest absolute Gasteiger partial charge is 0.0150 e. The Bertz CT molecular complexity index is 319. The Morgan fingerprint density at radius 2 is 1.45 bits per heavy atom. The van der Waals surface area contributed by atoms with E-state index in [-0.39, 0.29) is 16.2 Å². The van der Waals surface area contributed by atoms with Gasteiger partial charge in [-0.2, -0.15) is 0 Å². The fraction of sp³-hybridized carbons (Fsp3) is 0.895. The van der Waals surface area contributed by atoms with E-state index in [0.717, 1.165) is 13.0 Å². The predicted molar refractivity (Wildman–Crippen MR) is 92.8 cm³/mol. The zero-order valence-electron chi connectivity index (χ0n) is 15.8. The molecule has 120 valence electrons. The van der Waals surface area contributed by atoms with Crippen LogP contribution in [-0.2, 0) is 0 Å². The summed E-state index contributed by atoms with van der Waals surface area (Å²) in [4.78, 5) is 0. The van der Waals surface area contributed by atoms with Gasteiger partial charge in [0.25, 0.3) is 0 Å². The summed E-state index contributed by atoms with van der Waals surface area (Å²) >= 11 is 0. The van der Waals surface area contributed by atoms with Crippen molar-refractivity contribution in [3.63, 3.8) is 0 Å². The SMILES string of the molecule is C=C(NCCC)C(C)(C(C)C(C)C)C(C)(C)C(C)(C)C. The van der Waals surface area contributed by atoms with Gasteiger partial charge in [-0.3, -0.25) is 0 Å². The van der Waals surface area contributed by atoms with E-state index in [2.05, 4.69) is 81.1 Å². The summed E-state index contributed by atoms with van der Waals surface area (Å²) in [5.41, 5.74) is 1.65. The van der Waals surface area contributed by atoms with Crippen LogP contribution in [0.15, 0.2) is 12.3 Å². The van der Waals surface area contributed by atoms with E-state index in [4.69, 9.17) is 0 Å².